The highest BCUT2D eigenvalue weighted by atomic mass is 31.0. The van der Waals surface area contributed by atoms with Crippen molar-refractivity contribution in [2.45, 2.75) is 12.2 Å². The summed E-state index contributed by atoms with van der Waals surface area (Å²) in [5.41, 5.74) is 0.690. The SMILES string of the molecule is COc1ccccc1OC(CO)C(O)c1ccc(P)cc1. The molecule has 4 nitrogen and oxygen atoms in total. The van der Waals surface area contributed by atoms with Crippen LogP contribution < -0.4 is 14.8 Å². The molecule has 0 heterocycles. The van der Waals surface area contributed by atoms with Gasteiger partial charge in [-0.1, -0.05) is 36.4 Å². The van der Waals surface area contributed by atoms with Gasteiger partial charge in [0.15, 0.2) is 17.6 Å². The van der Waals surface area contributed by atoms with Gasteiger partial charge in [0.1, 0.15) is 6.10 Å². The van der Waals surface area contributed by atoms with Gasteiger partial charge in [0.2, 0.25) is 0 Å². The van der Waals surface area contributed by atoms with E-state index in [1.54, 1.807) is 31.4 Å². The second-order valence-electron chi connectivity index (χ2n) is 4.60. The molecule has 2 aromatic carbocycles. The molecular formula is C16H19O4P. The normalized spacial score (nSPS) is 13.5. The van der Waals surface area contributed by atoms with Crippen molar-refractivity contribution in [2.75, 3.05) is 13.7 Å². The molecular weight excluding hydrogens is 287 g/mol. The van der Waals surface area contributed by atoms with Crippen molar-refractivity contribution in [3.63, 3.8) is 0 Å². The minimum atomic E-state index is -0.925. The molecule has 0 radical (unpaired) electrons. The van der Waals surface area contributed by atoms with Crippen LogP contribution in [0.2, 0.25) is 0 Å². The third-order valence-corrected chi connectivity index (χ3v) is 3.54. The van der Waals surface area contributed by atoms with E-state index in [4.69, 9.17) is 9.47 Å². The van der Waals surface area contributed by atoms with Crippen LogP contribution in [-0.4, -0.2) is 30.0 Å². The maximum absolute atomic E-state index is 10.4. The second kappa shape index (κ2) is 7.41. The number of aliphatic hydroxyl groups excluding tert-OH is 2. The predicted molar refractivity (Wildman–Crippen MR) is 85.2 cm³/mol. The Balaban J connectivity index is 2.17. The van der Waals surface area contributed by atoms with Crippen LogP contribution >= 0.6 is 9.24 Å². The van der Waals surface area contributed by atoms with Crippen LogP contribution in [0.3, 0.4) is 0 Å². The first-order valence-corrected chi connectivity index (χ1v) is 7.17. The van der Waals surface area contributed by atoms with Crippen LogP contribution in [0.5, 0.6) is 11.5 Å². The fourth-order valence-corrected chi connectivity index (χ4v) is 2.18. The Morgan fingerprint density at radius 1 is 1.05 bits per heavy atom. The fraction of sp³-hybridized carbons (Fsp3) is 0.250. The van der Waals surface area contributed by atoms with E-state index < -0.39 is 12.2 Å². The van der Waals surface area contributed by atoms with E-state index in [1.165, 1.54) is 0 Å². The molecule has 0 aliphatic carbocycles. The summed E-state index contributed by atoms with van der Waals surface area (Å²) in [4.78, 5) is 0. The first-order valence-electron chi connectivity index (χ1n) is 6.59. The molecule has 2 aromatic rings. The second-order valence-corrected chi connectivity index (χ2v) is 5.27. The average molecular weight is 306 g/mol. The summed E-state index contributed by atoms with van der Waals surface area (Å²) in [6.45, 7) is -0.304. The quantitative estimate of drug-likeness (QED) is 0.797. The molecule has 0 bridgehead atoms. The molecule has 0 aliphatic heterocycles. The number of methoxy groups -OCH3 is 1. The monoisotopic (exact) mass is 306 g/mol. The minimum absolute atomic E-state index is 0.304. The van der Waals surface area contributed by atoms with Crippen molar-refractivity contribution in [3.8, 4) is 11.5 Å². The van der Waals surface area contributed by atoms with Crippen molar-refractivity contribution < 1.29 is 19.7 Å². The summed E-state index contributed by atoms with van der Waals surface area (Å²) < 4.78 is 10.9. The maximum Gasteiger partial charge on any atom is 0.161 e. The van der Waals surface area contributed by atoms with E-state index >= 15 is 0 Å². The van der Waals surface area contributed by atoms with Gasteiger partial charge in [0, 0.05) is 0 Å². The highest BCUT2D eigenvalue weighted by Gasteiger charge is 2.23. The lowest BCUT2D eigenvalue weighted by atomic mass is 10.0. The molecule has 112 valence electrons. The Hall–Kier alpha value is -1.61. The minimum Gasteiger partial charge on any atom is -0.493 e. The zero-order valence-electron chi connectivity index (χ0n) is 11.8. The topological polar surface area (TPSA) is 58.9 Å². The molecule has 21 heavy (non-hydrogen) atoms. The Kier molecular flexibility index (Phi) is 5.57. The lowest BCUT2D eigenvalue weighted by Gasteiger charge is -2.23. The molecule has 0 aromatic heterocycles. The lowest BCUT2D eigenvalue weighted by Crippen LogP contribution is -2.29. The zero-order chi connectivity index (χ0) is 15.2. The summed E-state index contributed by atoms with van der Waals surface area (Å²) in [5.74, 6) is 1.05. The van der Waals surface area contributed by atoms with Crippen LogP contribution in [0, 0.1) is 0 Å². The van der Waals surface area contributed by atoms with E-state index in [0.717, 1.165) is 5.30 Å². The summed E-state index contributed by atoms with van der Waals surface area (Å²) in [7, 11) is 4.13. The van der Waals surface area contributed by atoms with E-state index in [2.05, 4.69) is 9.24 Å². The smallest absolute Gasteiger partial charge is 0.161 e. The number of hydrogen-bond donors (Lipinski definition) is 2. The Morgan fingerprint density at radius 2 is 1.67 bits per heavy atom. The van der Waals surface area contributed by atoms with E-state index in [0.29, 0.717) is 17.1 Å². The average Bonchev–Trinajstić information content (AvgIpc) is 2.53. The molecule has 5 heteroatoms. The standard InChI is InChI=1S/C16H19O4P/c1-19-13-4-2-3-5-14(13)20-15(10-17)16(18)11-6-8-12(21)9-7-11/h2-9,15-18H,10,21H2,1H3. The molecule has 0 saturated heterocycles. The molecule has 0 spiro atoms. The third kappa shape index (κ3) is 3.94. The van der Waals surface area contributed by atoms with Crippen LogP contribution in [0.1, 0.15) is 11.7 Å². The number of para-hydroxylation sites is 2. The van der Waals surface area contributed by atoms with Gasteiger partial charge in [-0.25, -0.2) is 0 Å². The van der Waals surface area contributed by atoms with Gasteiger partial charge in [0.05, 0.1) is 13.7 Å². The summed E-state index contributed by atoms with van der Waals surface area (Å²) >= 11 is 0. The van der Waals surface area contributed by atoms with Crippen molar-refractivity contribution in [3.05, 3.63) is 54.1 Å². The van der Waals surface area contributed by atoms with Gasteiger partial charge in [-0.15, -0.1) is 9.24 Å². The molecule has 3 unspecified atom stereocenters. The van der Waals surface area contributed by atoms with Crippen LogP contribution in [0.25, 0.3) is 0 Å². The van der Waals surface area contributed by atoms with Crippen LogP contribution in [-0.2, 0) is 0 Å². The van der Waals surface area contributed by atoms with Gasteiger partial charge >= 0.3 is 0 Å². The van der Waals surface area contributed by atoms with E-state index in [-0.39, 0.29) is 6.61 Å². The van der Waals surface area contributed by atoms with Crippen molar-refractivity contribution in [1.29, 1.82) is 0 Å². The highest BCUT2D eigenvalue weighted by molar-refractivity contribution is 7.27. The molecule has 2 rings (SSSR count). The third-order valence-electron chi connectivity index (χ3n) is 3.16. The predicted octanol–water partition coefficient (Wildman–Crippen LogP) is 1.67. The molecule has 0 saturated carbocycles. The molecule has 0 amide bonds. The molecule has 3 atom stereocenters. The van der Waals surface area contributed by atoms with Crippen molar-refractivity contribution in [2.24, 2.45) is 0 Å². The largest absolute Gasteiger partial charge is 0.493 e. The first kappa shape index (κ1) is 15.8. The Morgan fingerprint density at radius 3 is 2.24 bits per heavy atom. The fourth-order valence-electron chi connectivity index (χ4n) is 1.99. The summed E-state index contributed by atoms with van der Waals surface area (Å²) in [5, 5.41) is 20.9. The van der Waals surface area contributed by atoms with E-state index in [1.807, 2.05) is 24.3 Å². The molecule has 2 N–H and O–H groups in total. The maximum atomic E-state index is 10.4. The number of rotatable bonds is 6. The Bertz CT molecular complexity index is 571. The lowest BCUT2D eigenvalue weighted by molar-refractivity contribution is -0.000395. The van der Waals surface area contributed by atoms with Crippen molar-refractivity contribution in [1.82, 2.24) is 0 Å². The number of aliphatic hydroxyl groups is 2. The summed E-state index contributed by atoms with van der Waals surface area (Å²) in [6, 6.07) is 14.5. The van der Waals surface area contributed by atoms with Gasteiger partial charge in [0.25, 0.3) is 0 Å². The summed E-state index contributed by atoms with van der Waals surface area (Å²) in [6.07, 6.45) is -1.69. The highest BCUT2D eigenvalue weighted by Crippen LogP contribution is 2.29. The molecule has 0 fully saturated rings. The number of benzene rings is 2. The number of hydrogen-bond acceptors (Lipinski definition) is 4. The van der Waals surface area contributed by atoms with Gasteiger partial charge in [-0.3, -0.25) is 0 Å². The van der Waals surface area contributed by atoms with Crippen LogP contribution in [0.4, 0.5) is 0 Å². The molecule has 0 aliphatic rings. The van der Waals surface area contributed by atoms with Gasteiger partial charge in [-0.05, 0) is 23.0 Å². The van der Waals surface area contributed by atoms with Crippen molar-refractivity contribution >= 4 is 14.5 Å². The van der Waals surface area contributed by atoms with E-state index in [9.17, 15) is 10.2 Å². The first-order chi connectivity index (χ1) is 10.2. The number of ether oxygens (including phenoxy) is 2. The zero-order valence-corrected chi connectivity index (χ0v) is 12.9. The Labute approximate surface area is 126 Å². The van der Waals surface area contributed by atoms with Gasteiger partial charge < -0.3 is 19.7 Å². The van der Waals surface area contributed by atoms with Gasteiger partial charge in [-0.2, -0.15) is 0 Å². The van der Waals surface area contributed by atoms with Crippen LogP contribution in [0.15, 0.2) is 48.5 Å².